The number of benzene rings is 2. The van der Waals surface area contributed by atoms with Gasteiger partial charge in [0.15, 0.2) is 5.88 Å². The van der Waals surface area contributed by atoms with Crippen LogP contribution in [0.25, 0.3) is 21.7 Å². The average Bonchev–Trinajstić information content (AvgIpc) is 2.61. The molecule has 0 radical (unpaired) electrons. The lowest BCUT2D eigenvalue weighted by molar-refractivity contribution is 0.419. The second kappa shape index (κ2) is 5.85. The Balaban J connectivity index is 1.99. The molecule has 1 aliphatic heterocycles. The number of fused-ring (bicyclic) bond motifs is 3. The van der Waals surface area contributed by atoms with E-state index in [0.29, 0.717) is 0 Å². The normalized spacial score (nSPS) is 15.3. The van der Waals surface area contributed by atoms with Crippen molar-refractivity contribution in [1.29, 1.82) is 0 Å². The van der Waals surface area contributed by atoms with Crippen LogP contribution in [0.3, 0.4) is 0 Å². The van der Waals surface area contributed by atoms with E-state index in [0.717, 1.165) is 51.0 Å². The highest BCUT2D eigenvalue weighted by molar-refractivity contribution is 7.71. The molecule has 0 atom stereocenters. The molecule has 1 aliphatic rings. The Morgan fingerprint density at radius 3 is 2.52 bits per heavy atom. The SMILES string of the molecule is COc1cc2oc(N3CCCCC3)cc(=S)c2c2ccccc12. The zero-order valence-corrected chi connectivity index (χ0v) is 14.0. The molecule has 1 fully saturated rings. The first-order valence-corrected chi connectivity index (χ1v) is 8.47. The van der Waals surface area contributed by atoms with Gasteiger partial charge in [0.1, 0.15) is 11.3 Å². The first kappa shape index (κ1) is 14.5. The molecule has 0 saturated carbocycles. The Bertz CT molecular complexity index is 926. The molecular weight excluding hydrogens is 306 g/mol. The van der Waals surface area contributed by atoms with Crippen LogP contribution >= 0.6 is 12.2 Å². The fourth-order valence-electron chi connectivity index (χ4n) is 3.42. The van der Waals surface area contributed by atoms with Crippen molar-refractivity contribution in [3.8, 4) is 5.75 Å². The lowest BCUT2D eigenvalue weighted by atomic mass is 10.0. The summed E-state index contributed by atoms with van der Waals surface area (Å²) in [6.45, 7) is 2.07. The van der Waals surface area contributed by atoms with Gasteiger partial charge >= 0.3 is 0 Å². The first-order chi connectivity index (χ1) is 11.3. The quantitative estimate of drug-likeness (QED) is 0.471. The fourth-order valence-corrected chi connectivity index (χ4v) is 3.73. The molecule has 0 amide bonds. The molecular formula is C19H19NO2S. The summed E-state index contributed by atoms with van der Waals surface area (Å²) in [5.74, 6) is 1.70. The molecule has 1 aromatic heterocycles. The molecule has 0 N–H and O–H groups in total. The van der Waals surface area contributed by atoms with Gasteiger partial charge in [0, 0.05) is 36.0 Å². The maximum Gasteiger partial charge on any atom is 0.197 e. The minimum atomic E-state index is 0.800. The average molecular weight is 325 g/mol. The lowest BCUT2D eigenvalue weighted by Gasteiger charge is -2.27. The highest BCUT2D eigenvalue weighted by Crippen LogP contribution is 2.36. The van der Waals surface area contributed by atoms with Crippen molar-refractivity contribution >= 4 is 39.8 Å². The number of piperidine rings is 1. The third kappa shape index (κ3) is 2.47. The van der Waals surface area contributed by atoms with Crippen LogP contribution in [0.15, 0.2) is 40.8 Å². The first-order valence-electron chi connectivity index (χ1n) is 8.06. The van der Waals surface area contributed by atoms with Crippen molar-refractivity contribution in [2.24, 2.45) is 0 Å². The van der Waals surface area contributed by atoms with Crippen LogP contribution in [0.5, 0.6) is 5.75 Å². The summed E-state index contributed by atoms with van der Waals surface area (Å²) in [4.78, 5) is 2.29. The summed E-state index contributed by atoms with van der Waals surface area (Å²) in [6.07, 6.45) is 3.71. The van der Waals surface area contributed by atoms with Gasteiger partial charge in [0.25, 0.3) is 0 Å². The fraction of sp³-hybridized carbons (Fsp3) is 0.316. The molecule has 23 heavy (non-hydrogen) atoms. The number of methoxy groups -OCH3 is 1. The van der Waals surface area contributed by atoms with E-state index in [-0.39, 0.29) is 0 Å². The monoisotopic (exact) mass is 325 g/mol. The molecule has 3 nitrogen and oxygen atoms in total. The molecule has 4 rings (SSSR count). The van der Waals surface area contributed by atoms with E-state index in [2.05, 4.69) is 17.0 Å². The third-order valence-corrected chi connectivity index (χ3v) is 4.90. The van der Waals surface area contributed by atoms with Crippen LogP contribution in [-0.4, -0.2) is 20.2 Å². The van der Waals surface area contributed by atoms with Crippen molar-refractivity contribution in [2.75, 3.05) is 25.1 Å². The van der Waals surface area contributed by atoms with Gasteiger partial charge in [0.05, 0.1) is 11.6 Å². The third-order valence-electron chi connectivity index (χ3n) is 4.57. The summed E-state index contributed by atoms with van der Waals surface area (Å²) in [5.41, 5.74) is 0.800. The van der Waals surface area contributed by atoms with E-state index in [9.17, 15) is 0 Å². The zero-order chi connectivity index (χ0) is 15.8. The zero-order valence-electron chi connectivity index (χ0n) is 13.2. The van der Waals surface area contributed by atoms with Crippen molar-refractivity contribution < 1.29 is 9.15 Å². The number of ether oxygens (including phenoxy) is 1. The van der Waals surface area contributed by atoms with Crippen LogP contribution in [0.4, 0.5) is 5.88 Å². The molecule has 0 bridgehead atoms. The standard InChI is InChI=1S/C19H19NO2S/c1-21-15-11-16-19(14-8-4-3-7-13(14)15)17(23)12-18(22-16)20-9-5-2-6-10-20/h3-4,7-8,11-12H,2,5-6,9-10H2,1H3. The van der Waals surface area contributed by atoms with E-state index in [4.69, 9.17) is 21.4 Å². The molecule has 1 saturated heterocycles. The Morgan fingerprint density at radius 1 is 1.04 bits per heavy atom. The lowest BCUT2D eigenvalue weighted by Crippen LogP contribution is -2.29. The Morgan fingerprint density at radius 2 is 1.78 bits per heavy atom. The van der Waals surface area contributed by atoms with Gasteiger partial charge in [-0.3, -0.25) is 0 Å². The van der Waals surface area contributed by atoms with Gasteiger partial charge in [-0.1, -0.05) is 36.5 Å². The molecule has 0 aliphatic carbocycles. The maximum atomic E-state index is 6.21. The van der Waals surface area contributed by atoms with Gasteiger partial charge in [-0.15, -0.1) is 0 Å². The van der Waals surface area contributed by atoms with E-state index < -0.39 is 0 Å². The van der Waals surface area contributed by atoms with E-state index in [1.807, 2.05) is 24.3 Å². The minimum Gasteiger partial charge on any atom is -0.496 e. The summed E-state index contributed by atoms with van der Waals surface area (Å²) in [6, 6.07) is 12.1. The van der Waals surface area contributed by atoms with E-state index >= 15 is 0 Å². The number of nitrogens with zero attached hydrogens (tertiary/aromatic N) is 1. The summed E-state index contributed by atoms with van der Waals surface area (Å²) >= 11 is 5.69. The topological polar surface area (TPSA) is 25.6 Å². The molecule has 2 aromatic carbocycles. The predicted octanol–water partition coefficient (Wildman–Crippen LogP) is 5.31. The van der Waals surface area contributed by atoms with Crippen LogP contribution in [0.1, 0.15) is 19.3 Å². The smallest absolute Gasteiger partial charge is 0.197 e. The van der Waals surface area contributed by atoms with Gasteiger partial charge < -0.3 is 14.1 Å². The molecule has 2 heterocycles. The van der Waals surface area contributed by atoms with Crippen molar-refractivity contribution in [2.45, 2.75) is 19.3 Å². The number of hydrogen-bond donors (Lipinski definition) is 0. The number of hydrogen-bond acceptors (Lipinski definition) is 4. The van der Waals surface area contributed by atoms with Crippen LogP contribution in [0.2, 0.25) is 0 Å². The van der Waals surface area contributed by atoms with Crippen molar-refractivity contribution in [3.05, 3.63) is 40.9 Å². The predicted molar refractivity (Wildman–Crippen MR) is 97.2 cm³/mol. The second-order valence-corrected chi connectivity index (χ2v) is 6.43. The molecule has 3 aromatic rings. The Kier molecular flexibility index (Phi) is 3.69. The van der Waals surface area contributed by atoms with Crippen LogP contribution in [-0.2, 0) is 0 Å². The minimum absolute atomic E-state index is 0.800. The second-order valence-electron chi connectivity index (χ2n) is 5.99. The molecule has 118 valence electrons. The van der Waals surface area contributed by atoms with E-state index in [1.165, 1.54) is 19.3 Å². The van der Waals surface area contributed by atoms with Crippen molar-refractivity contribution in [3.63, 3.8) is 0 Å². The summed E-state index contributed by atoms with van der Waals surface area (Å²) in [5, 5.41) is 3.15. The van der Waals surface area contributed by atoms with Gasteiger partial charge in [-0.05, 0) is 24.6 Å². The van der Waals surface area contributed by atoms with Crippen molar-refractivity contribution in [1.82, 2.24) is 0 Å². The summed E-state index contributed by atoms with van der Waals surface area (Å²) in [7, 11) is 1.69. The van der Waals surface area contributed by atoms with Gasteiger partial charge in [-0.2, -0.15) is 0 Å². The molecule has 0 unspecified atom stereocenters. The number of anilines is 1. The highest BCUT2D eigenvalue weighted by Gasteiger charge is 2.16. The van der Waals surface area contributed by atoms with Crippen LogP contribution < -0.4 is 9.64 Å². The Labute approximate surface area is 140 Å². The van der Waals surface area contributed by atoms with E-state index in [1.54, 1.807) is 7.11 Å². The highest BCUT2D eigenvalue weighted by atomic mass is 32.1. The largest absolute Gasteiger partial charge is 0.496 e. The van der Waals surface area contributed by atoms with Gasteiger partial charge in [0.2, 0.25) is 0 Å². The molecule has 4 heteroatoms. The maximum absolute atomic E-state index is 6.21. The summed E-state index contributed by atoms with van der Waals surface area (Å²) < 4.78 is 12.6. The Hall–Kier alpha value is -2.07. The molecule has 0 spiro atoms. The van der Waals surface area contributed by atoms with Gasteiger partial charge in [-0.25, -0.2) is 0 Å². The van der Waals surface area contributed by atoms with Crippen LogP contribution in [0, 0.1) is 4.51 Å². The number of rotatable bonds is 2.